The lowest BCUT2D eigenvalue weighted by atomic mass is 9.91. The Morgan fingerprint density at radius 1 is 1.67 bits per heavy atom. The van der Waals surface area contributed by atoms with Crippen LogP contribution in [0.2, 0.25) is 0 Å². The van der Waals surface area contributed by atoms with Crippen molar-refractivity contribution in [1.82, 2.24) is 0 Å². The Labute approximate surface area is 59.4 Å². The highest BCUT2D eigenvalue weighted by Gasteiger charge is 2.11. The van der Waals surface area contributed by atoms with Crippen LogP contribution in [0.5, 0.6) is 0 Å². The van der Waals surface area contributed by atoms with Crippen LogP contribution in [0.4, 0.5) is 0 Å². The van der Waals surface area contributed by atoms with E-state index in [-0.39, 0.29) is 0 Å². The molecule has 0 spiro atoms. The Morgan fingerprint density at radius 2 is 2.22 bits per heavy atom. The smallest absolute Gasteiger partial charge is 0.423 e. The molecule has 2 N–H and O–H groups in total. The monoisotopic (exact) mass is 144 g/mol. The third-order valence-electron chi connectivity index (χ3n) is 0.772. The summed E-state index contributed by atoms with van der Waals surface area (Å²) in [5, 5.41) is 17.1. The average molecular weight is 144 g/mol. The molecule has 0 saturated heterocycles. The molecule has 0 heterocycles. The lowest BCUT2D eigenvalue weighted by molar-refractivity contribution is 0.423. The van der Waals surface area contributed by atoms with Gasteiger partial charge in [0, 0.05) is 4.80 Å². The molecule has 0 aromatic rings. The molecule has 0 amide bonds. The summed E-state index contributed by atoms with van der Waals surface area (Å²) in [6.45, 7) is 3.42. The topological polar surface area (TPSA) is 40.5 Å². The zero-order valence-corrected chi connectivity index (χ0v) is 6.06. The number of thioether (sulfide) groups is 1. The van der Waals surface area contributed by atoms with Gasteiger partial charge in [-0.1, -0.05) is 18.7 Å². The van der Waals surface area contributed by atoms with Gasteiger partial charge in [-0.05, 0) is 6.26 Å². The summed E-state index contributed by atoms with van der Waals surface area (Å²) in [7, 11) is -1.36. The van der Waals surface area contributed by atoms with E-state index in [0.29, 0.717) is 4.80 Å². The van der Waals surface area contributed by atoms with Crippen LogP contribution >= 0.6 is 11.8 Å². The normalized spacial score (nSPS) is 11.2. The third kappa shape index (κ3) is 3.40. The fourth-order valence-corrected chi connectivity index (χ4v) is 0.819. The molecule has 0 bridgehead atoms. The van der Waals surface area contributed by atoms with Crippen molar-refractivity contribution >= 4 is 18.9 Å². The minimum atomic E-state index is -1.36. The van der Waals surface area contributed by atoms with Crippen molar-refractivity contribution in [3.63, 3.8) is 0 Å². The van der Waals surface area contributed by atoms with Crippen LogP contribution < -0.4 is 0 Å². The van der Waals surface area contributed by atoms with Crippen molar-refractivity contribution in [2.45, 2.75) is 0 Å². The third-order valence-corrected chi connectivity index (χ3v) is 1.59. The van der Waals surface area contributed by atoms with Gasteiger partial charge >= 0.3 is 7.12 Å². The molecule has 0 fully saturated rings. The van der Waals surface area contributed by atoms with Crippen LogP contribution in [0.25, 0.3) is 0 Å². The molecule has 4 heteroatoms. The lowest BCUT2D eigenvalue weighted by Gasteiger charge is -1.97. The first-order valence-corrected chi connectivity index (χ1v) is 3.67. The molecule has 0 aliphatic heterocycles. The minimum Gasteiger partial charge on any atom is -0.423 e. The van der Waals surface area contributed by atoms with Crippen molar-refractivity contribution in [3.8, 4) is 0 Å². The standard InChI is InChI=1S/C5H9BO2S/c1-3-4-5(9-2)6(7)8/h3-4,7-8H,1H2,2H3/b5-4-. The molecule has 2 nitrogen and oxygen atoms in total. The van der Waals surface area contributed by atoms with Crippen molar-refractivity contribution in [1.29, 1.82) is 0 Å². The van der Waals surface area contributed by atoms with Crippen LogP contribution in [-0.2, 0) is 0 Å². The molecule has 0 radical (unpaired) electrons. The summed E-state index contributed by atoms with van der Waals surface area (Å²) in [5.74, 6) is 0. The largest absolute Gasteiger partial charge is 0.495 e. The molecule has 9 heavy (non-hydrogen) atoms. The Kier molecular flexibility index (Phi) is 4.57. The van der Waals surface area contributed by atoms with E-state index in [2.05, 4.69) is 6.58 Å². The second-order valence-corrected chi connectivity index (χ2v) is 2.26. The van der Waals surface area contributed by atoms with Crippen molar-refractivity contribution in [2.24, 2.45) is 0 Å². The van der Waals surface area contributed by atoms with Crippen molar-refractivity contribution < 1.29 is 10.0 Å². The molecule has 0 saturated carbocycles. The van der Waals surface area contributed by atoms with Gasteiger partial charge in [0.15, 0.2) is 0 Å². The Morgan fingerprint density at radius 3 is 2.33 bits per heavy atom. The predicted octanol–water partition coefficient (Wildman–Crippen LogP) is 0.431. The average Bonchev–Trinajstić information content (AvgIpc) is 1.82. The molecule has 0 atom stereocenters. The Hall–Kier alpha value is -0.185. The van der Waals surface area contributed by atoms with Gasteiger partial charge in [0.25, 0.3) is 0 Å². The van der Waals surface area contributed by atoms with Gasteiger partial charge in [0.1, 0.15) is 0 Å². The summed E-state index contributed by atoms with van der Waals surface area (Å²) in [6, 6.07) is 0. The SMILES string of the molecule is C=C/C=C(\SC)B(O)O. The Balaban J connectivity index is 3.96. The summed E-state index contributed by atoms with van der Waals surface area (Å²) in [5.41, 5.74) is 0. The van der Waals surface area contributed by atoms with E-state index in [1.165, 1.54) is 17.8 Å². The Bertz CT molecular complexity index is 122. The van der Waals surface area contributed by atoms with Crippen LogP contribution in [0.1, 0.15) is 0 Å². The van der Waals surface area contributed by atoms with Gasteiger partial charge in [-0.25, -0.2) is 0 Å². The maximum Gasteiger partial charge on any atom is 0.495 e. The van der Waals surface area contributed by atoms with Gasteiger partial charge in [-0.15, -0.1) is 11.8 Å². The van der Waals surface area contributed by atoms with E-state index in [9.17, 15) is 0 Å². The lowest BCUT2D eigenvalue weighted by Crippen LogP contribution is -2.12. The summed E-state index contributed by atoms with van der Waals surface area (Å²) >= 11 is 1.29. The van der Waals surface area contributed by atoms with Gasteiger partial charge < -0.3 is 10.0 Å². The molecule has 0 aliphatic carbocycles. The van der Waals surface area contributed by atoms with E-state index in [1.54, 1.807) is 12.3 Å². The number of allylic oxidation sites excluding steroid dienone is 2. The fourth-order valence-electron chi connectivity index (χ4n) is 0.376. The summed E-state index contributed by atoms with van der Waals surface area (Å²) in [6.07, 6.45) is 4.86. The zero-order valence-electron chi connectivity index (χ0n) is 5.24. The molecule has 0 rings (SSSR count). The second kappa shape index (κ2) is 4.67. The van der Waals surface area contributed by atoms with Gasteiger partial charge in [-0.3, -0.25) is 0 Å². The highest BCUT2D eigenvalue weighted by atomic mass is 32.2. The summed E-state index contributed by atoms with van der Waals surface area (Å²) < 4.78 is 0. The van der Waals surface area contributed by atoms with E-state index in [0.717, 1.165) is 0 Å². The summed E-state index contributed by atoms with van der Waals surface area (Å²) in [4.78, 5) is 0.505. The second-order valence-electron chi connectivity index (χ2n) is 1.38. The van der Waals surface area contributed by atoms with E-state index in [1.807, 2.05) is 0 Å². The zero-order chi connectivity index (χ0) is 7.28. The van der Waals surface area contributed by atoms with E-state index >= 15 is 0 Å². The van der Waals surface area contributed by atoms with Crippen molar-refractivity contribution in [3.05, 3.63) is 23.5 Å². The van der Waals surface area contributed by atoms with Crippen LogP contribution in [0.15, 0.2) is 23.5 Å². The van der Waals surface area contributed by atoms with Gasteiger partial charge in [0.05, 0.1) is 0 Å². The molecule has 0 aliphatic rings. The molecule has 50 valence electrons. The number of rotatable bonds is 3. The van der Waals surface area contributed by atoms with Crippen LogP contribution in [-0.4, -0.2) is 23.4 Å². The highest BCUT2D eigenvalue weighted by molar-refractivity contribution is 8.04. The number of hydrogen-bond acceptors (Lipinski definition) is 3. The molecular formula is C5H9BO2S. The van der Waals surface area contributed by atoms with Crippen molar-refractivity contribution in [2.75, 3.05) is 6.26 Å². The molecular weight excluding hydrogens is 135 g/mol. The molecule has 0 aromatic carbocycles. The van der Waals surface area contributed by atoms with Crippen LogP contribution in [0, 0.1) is 0 Å². The number of hydrogen-bond donors (Lipinski definition) is 2. The first-order valence-electron chi connectivity index (χ1n) is 2.45. The van der Waals surface area contributed by atoms with E-state index in [4.69, 9.17) is 10.0 Å². The first kappa shape index (κ1) is 8.81. The van der Waals surface area contributed by atoms with Gasteiger partial charge in [0.2, 0.25) is 0 Å². The van der Waals surface area contributed by atoms with Gasteiger partial charge in [-0.2, -0.15) is 0 Å². The molecule has 0 aromatic heterocycles. The molecule has 0 unspecified atom stereocenters. The highest BCUT2D eigenvalue weighted by Crippen LogP contribution is 2.11. The maximum absolute atomic E-state index is 8.56. The first-order chi connectivity index (χ1) is 4.22. The maximum atomic E-state index is 8.56. The predicted molar refractivity (Wildman–Crippen MR) is 42.0 cm³/mol. The fraction of sp³-hybridized carbons (Fsp3) is 0.200. The van der Waals surface area contributed by atoms with Crippen LogP contribution in [0.3, 0.4) is 0 Å². The minimum absolute atomic E-state index is 0.505. The van der Waals surface area contributed by atoms with E-state index < -0.39 is 7.12 Å². The quantitative estimate of drug-likeness (QED) is 0.445.